The number of benzene rings is 2. The second-order valence-electron chi connectivity index (χ2n) is 5.15. The number of halogens is 1. The minimum absolute atomic E-state index is 0.253. The highest BCUT2D eigenvalue weighted by atomic mass is 19.1. The highest BCUT2D eigenvalue weighted by Gasteiger charge is 2.21. The maximum Gasteiger partial charge on any atom is 0.311 e. The molecule has 1 atom stereocenters. The van der Waals surface area contributed by atoms with Crippen LogP contribution >= 0.6 is 0 Å². The normalized spacial score (nSPS) is 12.0. The number of ether oxygens (including phenoxy) is 1. The average Bonchev–Trinajstić information content (AvgIpc) is 2.51. The third kappa shape index (κ3) is 3.64. The van der Waals surface area contributed by atoms with E-state index in [0.29, 0.717) is 11.1 Å². The van der Waals surface area contributed by atoms with E-state index in [1.807, 2.05) is 13.0 Å². The number of hydrogen-bond donors (Lipinski definition) is 1. The van der Waals surface area contributed by atoms with Crippen molar-refractivity contribution in [2.24, 2.45) is 0 Å². The van der Waals surface area contributed by atoms with Gasteiger partial charge in [0.25, 0.3) is 0 Å². The number of aryl methyl sites for hydroxylation is 1. The molecule has 1 N–H and O–H groups in total. The standard InChI is InChI=1S/C18H19FO3/c1-3-13-11-14(7-8-17(13)22-2)16(18(20)21)10-12-5-4-6-15(19)9-12/h4-9,11,16H,3,10H2,1-2H3,(H,20,21). The lowest BCUT2D eigenvalue weighted by Gasteiger charge is -2.16. The zero-order valence-corrected chi connectivity index (χ0v) is 12.7. The van der Waals surface area contributed by atoms with Crippen LogP contribution in [0.3, 0.4) is 0 Å². The van der Waals surface area contributed by atoms with Crippen LogP contribution in [-0.4, -0.2) is 18.2 Å². The van der Waals surface area contributed by atoms with Crippen LogP contribution in [0, 0.1) is 5.82 Å². The van der Waals surface area contributed by atoms with Crippen LogP contribution in [0.1, 0.15) is 29.5 Å². The number of aliphatic carboxylic acids is 1. The fourth-order valence-electron chi connectivity index (χ4n) is 2.54. The van der Waals surface area contributed by atoms with Crippen LogP contribution < -0.4 is 4.74 Å². The van der Waals surface area contributed by atoms with Crippen LogP contribution in [0.4, 0.5) is 4.39 Å². The Morgan fingerprint density at radius 2 is 2.05 bits per heavy atom. The van der Waals surface area contributed by atoms with Crippen molar-refractivity contribution in [2.75, 3.05) is 7.11 Å². The van der Waals surface area contributed by atoms with Crippen LogP contribution in [-0.2, 0) is 17.6 Å². The summed E-state index contributed by atoms with van der Waals surface area (Å²) in [7, 11) is 1.59. The third-order valence-corrected chi connectivity index (χ3v) is 3.71. The molecular weight excluding hydrogens is 283 g/mol. The molecule has 2 aromatic carbocycles. The molecule has 116 valence electrons. The lowest BCUT2D eigenvalue weighted by molar-refractivity contribution is -0.138. The van der Waals surface area contributed by atoms with Crippen LogP contribution in [0.2, 0.25) is 0 Å². The van der Waals surface area contributed by atoms with E-state index < -0.39 is 11.9 Å². The summed E-state index contributed by atoms with van der Waals surface area (Å²) in [5, 5.41) is 9.52. The van der Waals surface area contributed by atoms with Gasteiger partial charge in [-0.05, 0) is 47.7 Å². The summed E-state index contributed by atoms with van der Waals surface area (Å²) < 4.78 is 18.5. The lowest BCUT2D eigenvalue weighted by Crippen LogP contribution is -2.15. The van der Waals surface area contributed by atoms with Gasteiger partial charge in [-0.1, -0.05) is 31.2 Å². The molecule has 0 aromatic heterocycles. The molecule has 0 amide bonds. The molecule has 0 aliphatic rings. The van der Waals surface area contributed by atoms with Crippen LogP contribution in [0.15, 0.2) is 42.5 Å². The Balaban J connectivity index is 2.34. The summed E-state index contributed by atoms with van der Waals surface area (Å²) in [6, 6.07) is 11.5. The minimum atomic E-state index is -0.920. The molecule has 0 heterocycles. The van der Waals surface area contributed by atoms with Crippen molar-refractivity contribution in [3.63, 3.8) is 0 Å². The fourth-order valence-corrected chi connectivity index (χ4v) is 2.54. The second kappa shape index (κ2) is 7.07. The van der Waals surface area contributed by atoms with Gasteiger partial charge in [-0.2, -0.15) is 0 Å². The first-order chi connectivity index (χ1) is 10.5. The van der Waals surface area contributed by atoms with E-state index in [4.69, 9.17) is 4.74 Å². The van der Waals surface area contributed by atoms with Gasteiger partial charge in [-0.3, -0.25) is 4.79 Å². The van der Waals surface area contributed by atoms with Gasteiger partial charge in [-0.15, -0.1) is 0 Å². The van der Waals surface area contributed by atoms with E-state index >= 15 is 0 Å². The number of carbonyl (C=O) groups is 1. The summed E-state index contributed by atoms with van der Waals surface area (Å²) in [5.74, 6) is -1.23. The molecule has 2 rings (SSSR count). The van der Waals surface area contributed by atoms with Crippen molar-refractivity contribution in [2.45, 2.75) is 25.7 Å². The maximum atomic E-state index is 13.3. The van der Waals surface area contributed by atoms with Gasteiger partial charge >= 0.3 is 5.97 Å². The van der Waals surface area contributed by atoms with Gasteiger partial charge in [0.05, 0.1) is 13.0 Å². The lowest BCUT2D eigenvalue weighted by atomic mass is 9.90. The van der Waals surface area contributed by atoms with Gasteiger partial charge in [0.2, 0.25) is 0 Å². The van der Waals surface area contributed by atoms with Gasteiger partial charge in [0.1, 0.15) is 11.6 Å². The molecule has 0 spiro atoms. The molecule has 0 aliphatic carbocycles. The van der Waals surface area contributed by atoms with Crippen molar-refractivity contribution in [1.82, 2.24) is 0 Å². The Morgan fingerprint density at radius 3 is 2.64 bits per heavy atom. The van der Waals surface area contributed by atoms with Gasteiger partial charge in [0.15, 0.2) is 0 Å². The minimum Gasteiger partial charge on any atom is -0.496 e. The quantitative estimate of drug-likeness (QED) is 0.882. The highest BCUT2D eigenvalue weighted by Crippen LogP contribution is 2.27. The Morgan fingerprint density at radius 1 is 1.27 bits per heavy atom. The third-order valence-electron chi connectivity index (χ3n) is 3.71. The zero-order valence-electron chi connectivity index (χ0n) is 12.7. The molecule has 22 heavy (non-hydrogen) atoms. The van der Waals surface area contributed by atoms with E-state index in [-0.39, 0.29) is 12.2 Å². The molecule has 1 unspecified atom stereocenters. The molecule has 0 aliphatic heterocycles. The van der Waals surface area contributed by atoms with Crippen molar-refractivity contribution < 1.29 is 19.0 Å². The number of methoxy groups -OCH3 is 1. The maximum absolute atomic E-state index is 13.3. The van der Waals surface area contributed by atoms with Crippen molar-refractivity contribution in [1.29, 1.82) is 0 Å². The molecule has 0 saturated carbocycles. The topological polar surface area (TPSA) is 46.5 Å². The van der Waals surface area contributed by atoms with Crippen LogP contribution in [0.25, 0.3) is 0 Å². The Kier molecular flexibility index (Phi) is 5.15. The van der Waals surface area contributed by atoms with E-state index in [1.54, 1.807) is 31.4 Å². The Hall–Kier alpha value is -2.36. The van der Waals surface area contributed by atoms with E-state index in [9.17, 15) is 14.3 Å². The number of rotatable bonds is 6. The summed E-state index contributed by atoms with van der Waals surface area (Å²) >= 11 is 0. The number of carboxylic acids is 1. The first kappa shape index (κ1) is 16.0. The number of hydrogen-bond acceptors (Lipinski definition) is 2. The highest BCUT2D eigenvalue weighted by molar-refractivity contribution is 5.76. The summed E-state index contributed by atoms with van der Waals surface area (Å²) in [5.41, 5.74) is 2.33. The molecule has 4 heteroatoms. The van der Waals surface area contributed by atoms with E-state index in [2.05, 4.69) is 0 Å². The summed E-state index contributed by atoms with van der Waals surface area (Å²) in [4.78, 5) is 11.6. The van der Waals surface area contributed by atoms with E-state index in [0.717, 1.165) is 17.7 Å². The molecule has 0 saturated heterocycles. The molecule has 2 aromatic rings. The molecule has 0 bridgehead atoms. The predicted molar refractivity (Wildman–Crippen MR) is 82.9 cm³/mol. The fraction of sp³-hybridized carbons (Fsp3) is 0.278. The molecule has 3 nitrogen and oxygen atoms in total. The smallest absolute Gasteiger partial charge is 0.311 e. The molecule has 0 fully saturated rings. The van der Waals surface area contributed by atoms with Gasteiger partial charge in [0, 0.05) is 0 Å². The summed E-state index contributed by atoms with van der Waals surface area (Å²) in [6.07, 6.45) is 1.01. The largest absolute Gasteiger partial charge is 0.496 e. The van der Waals surface area contributed by atoms with Gasteiger partial charge < -0.3 is 9.84 Å². The molecular formula is C18H19FO3. The van der Waals surface area contributed by atoms with E-state index in [1.165, 1.54) is 12.1 Å². The zero-order chi connectivity index (χ0) is 16.1. The number of carboxylic acid groups (broad SMARTS) is 1. The molecule has 0 radical (unpaired) electrons. The monoisotopic (exact) mass is 302 g/mol. The average molecular weight is 302 g/mol. The first-order valence-corrected chi connectivity index (χ1v) is 7.19. The predicted octanol–water partition coefficient (Wildman–Crippen LogP) is 3.81. The first-order valence-electron chi connectivity index (χ1n) is 7.19. The SMILES string of the molecule is CCc1cc(C(Cc2cccc(F)c2)C(=O)O)ccc1OC. The van der Waals surface area contributed by atoms with Crippen molar-refractivity contribution in [3.05, 3.63) is 65.0 Å². The Bertz CT molecular complexity index is 667. The van der Waals surface area contributed by atoms with Crippen molar-refractivity contribution in [3.8, 4) is 5.75 Å². The Labute approximate surface area is 129 Å². The van der Waals surface area contributed by atoms with Crippen LogP contribution in [0.5, 0.6) is 5.75 Å². The second-order valence-corrected chi connectivity index (χ2v) is 5.15. The van der Waals surface area contributed by atoms with Crippen molar-refractivity contribution >= 4 is 5.97 Å². The summed E-state index contributed by atoms with van der Waals surface area (Å²) in [6.45, 7) is 1.99. The van der Waals surface area contributed by atoms with Gasteiger partial charge in [-0.25, -0.2) is 4.39 Å².